The lowest BCUT2D eigenvalue weighted by molar-refractivity contribution is -0.384. The number of rotatable bonds is 6. The Morgan fingerprint density at radius 2 is 2.08 bits per heavy atom. The van der Waals surface area contributed by atoms with E-state index in [0.717, 1.165) is 11.6 Å². The predicted octanol–water partition coefficient (Wildman–Crippen LogP) is 2.08. The molecule has 9 heteroatoms. The summed E-state index contributed by atoms with van der Waals surface area (Å²) < 4.78 is 0. The number of benzene rings is 1. The monoisotopic (exact) mass is 362 g/mol. The van der Waals surface area contributed by atoms with E-state index in [9.17, 15) is 19.7 Å². The summed E-state index contributed by atoms with van der Waals surface area (Å²) in [6.45, 7) is 1.75. The Bertz CT molecular complexity index is 795. The van der Waals surface area contributed by atoms with Gasteiger partial charge in [-0.05, 0) is 24.6 Å². The number of halogens is 1. The minimum absolute atomic E-state index is 0.107. The number of aromatic nitrogens is 1. The fraction of sp³-hybridized carbons (Fsp3) is 0.188. The van der Waals surface area contributed by atoms with Crippen LogP contribution in [0.5, 0.6) is 0 Å². The van der Waals surface area contributed by atoms with Gasteiger partial charge in [-0.1, -0.05) is 23.7 Å². The molecule has 0 aliphatic carbocycles. The second kappa shape index (κ2) is 8.20. The Morgan fingerprint density at radius 1 is 1.32 bits per heavy atom. The molecule has 0 radical (unpaired) electrons. The molecule has 2 amide bonds. The number of nitro benzene ring substituents is 1. The molecule has 0 aliphatic rings. The molecule has 0 saturated carbocycles. The molecular formula is C16H15ClN4O4. The van der Waals surface area contributed by atoms with Gasteiger partial charge in [-0.15, -0.1) is 0 Å². The zero-order valence-electron chi connectivity index (χ0n) is 13.2. The van der Waals surface area contributed by atoms with Crippen LogP contribution >= 0.6 is 11.6 Å². The smallest absolute Gasteiger partial charge is 0.270 e. The van der Waals surface area contributed by atoms with Crippen molar-refractivity contribution in [3.05, 3.63) is 69.0 Å². The number of hydrogen-bond acceptors (Lipinski definition) is 5. The van der Waals surface area contributed by atoms with Crippen molar-refractivity contribution < 1.29 is 14.5 Å². The molecule has 1 heterocycles. The number of nitrogens with zero attached hydrogens (tertiary/aromatic N) is 2. The summed E-state index contributed by atoms with van der Waals surface area (Å²) in [5.74, 6) is -0.965. The standard InChI is InChI=1S/C16H15ClN4O4/c1-10(15(22)19-9-11-5-6-14(17)18-8-11)20-16(23)12-3-2-4-13(7-12)21(24)25/h2-8,10H,9H2,1H3,(H,19,22)(H,20,23). The summed E-state index contributed by atoms with van der Waals surface area (Å²) in [5.41, 5.74) is 0.672. The summed E-state index contributed by atoms with van der Waals surface area (Å²) in [6.07, 6.45) is 1.54. The lowest BCUT2D eigenvalue weighted by Crippen LogP contribution is -2.44. The first-order valence-electron chi connectivity index (χ1n) is 7.30. The van der Waals surface area contributed by atoms with E-state index in [2.05, 4.69) is 15.6 Å². The van der Waals surface area contributed by atoms with E-state index in [-0.39, 0.29) is 17.8 Å². The highest BCUT2D eigenvalue weighted by atomic mass is 35.5. The quantitative estimate of drug-likeness (QED) is 0.464. The number of amides is 2. The second-order valence-corrected chi connectivity index (χ2v) is 5.60. The maximum absolute atomic E-state index is 12.1. The molecular weight excluding hydrogens is 348 g/mol. The molecule has 2 aromatic rings. The van der Waals surface area contributed by atoms with E-state index in [1.165, 1.54) is 31.3 Å². The lowest BCUT2D eigenvalue weighted by atomic mass is 10.1. The van der Waals surface area contributed by atoms with Crippen molar-refractivity contribution in [2.24, 2.45) is 0 Å². The molecule has 2 rings (SSSR count). The van der Waals surface area contributed by atoms with E-state index < -0.39 is 22.8 Å². The van der Waals surface area contributed by atoms with Gasteiger partial charge in [-0.2, -0.15) is 0 Å². The van der Waals surface area contributed by atoms with E-state index in [0.29, 0.717) is 5.15 Å². The van der Waals surface area contributed by atoms with E-state index in [4.69, 9.17) is 11.6 Å². The largest absolute Gasteiger partial charge is 0.350 e. The first kappa shape index (κ1) is 18.3. The van der Waals surface area contributed by atoms with Crippen LogP contribution in [0.1, 0.15) is 22.8 Å². The summed E-state index contributed by atoms with van der Waals surface area (Å²) in [5, 5.41) is 16.3. The van der Waals surface area contributed by atoms with Gasteiger partial charge in [0.1, 0.15) is 11.2 Å². The minimum Gasteiger partial charge on any atom is -0.350 e. The van der Waals surface area contributed by atoms with Gasteiger partial charge in [-0.3, -0.25) is 19.7 Å². The molecule has 0 bridgehead atoms. The normalized spacial score (nSPS) is 11.4. The van der Waals surface area contributed by atoms with Crippen LogP contribution in [0.15, 0.2) is 42.6 Å². The number of nitrogens with one attached hydrogen (secondary N) is 2. The molecule has 0 saturated heterocycles. The van der Waals surface area contributed by atoms with Crippen LogP contribution in [-0.2, 0) is 11.3 Å². The number of pyridine rings is 1. The van der Waals surface area contributed by atoms with Crippen LogP contribution in [0.2, 0.25) is 5.15 Å². The Balaban J connectivity index is 1.91. The predicted molar refractivity (Wildman–Crippen MR) is 91.1 cm³/mol. The van der Waals surface area contributed by atoms with Crippen molar-refractivity contribution in [3.63, 3.8) is 0 Å². The van der Waals surface area contributed by atoms with Crippen LogP contribution < -0.4 is 10.6 Å². The van der Waals surface area contributed by atoms with Gasteiger partial charge in [0, 0.05) is 30.4 Å². The maximum Gasteiger partial charge on any atom is 0.270 e. The van der Waals surface area contributed by atoms with Crippen molar-refractivity contribution in [3.8, 4) is 0 Å². The third-order valence-corrected chi connectivity index (χ3v) is 3.54. The number of nitro groups is 1. The molecule has 130 valence electrons. The van der Waals surface area contributed by atoms with E-state index >= 15 is 0 Å². The Labute approximate surface area is 148 Å². The minimum atomic E-state index is -0.813. The number of carbonyl (C=O) groups excluding carboxylic acids is 2. The third-order valence-electron chi connectivity index (χ3n) is 3.32. The average molecular weight is 363 g/mol. The summed E-state index contributed by atoms with van der Waals surface area (Å²) in [7, 11) is 0. The van der Waals surface area contributed by atoms with Gasteiger partial charge in [0.05, 0.1) is 4.92 Å². The van der Waals surface area contributed by atoms with Crippen molar-refractivity contribution in [1.82, 2.24) is 15.6 Å². The van der Waals surface area contributed by atoms with Crippen molar-refractivity contribution in [1.29, 1.82) is 0 Å². The number of non-ortho nitro benzene ring substituents is 1. The fourth-order valence-electron chi connectivity index (χ4n) is 1.96. The van der Waals surface area contributed by atoms with Crippen LogP contribution in [0.25, 0.3) is 0 Å². The van der Waals surface area contributed by atoms with Crippen LogP contribution in [0.3, 0.4) is 0 Å². The van der Waals surface area contributed by atoms with Gasteiger partial charge in [0.15, 0.2) is 0 Å². The van der Waals surface area contributed by atoms with Crippen molar-refractivity contribution in [2.45, 2.75) is 19.5 Å². The molecule has 2 N–H and O–H groups in total. The first-order chi connectivity index (χ1) is 11.9. The zero-order chi connectivity index (χ0) is 18.4. The van der Waals surface area contributed by atoms with Crippen LogP contribution in [-0.4, -0.2) is 27.8 Å². The molecule has 1 aromatic heterocycles. The van der Waals surface area contributed by atoms with Gasteiger partial charge < -0.3 is 10.6 Å². The molecule has 8 nitrogen and oxygen atoms in total. The zero-order valence-corrected chi connectivity index (χ0v) is 14.0. The molecule has 1 atom stereocenters. The molecule has 0 spiro atoms. The van der Waals surface area contributed by atoms with Gasteiger partial charge in [-0.25, -0.2) is 4.98 Å². The Morgan fingerprint density at radius 3 is 2.72 bits per heavy atom. The lowest BCUT2D eigenvalue weighted by Gasteiger charge is -2.14. The summed E-state index contributed by atoms with van der Waals surface area (Å²) >= 11 is 5.68. The highest BCUT2D eigenvalue weighted by Gasteiger charge is 2.18. The van der Waals surface area contributed by atoms with Gasteiger partial charge in [0.2, 0.25) is 5.91 Å². The molecule has 1 aromatic carbocycles. The molecule has 1 unspecified atom stereocenters. The highest BCUT2D eigenvalue weighted by molar-refractivity contribution is 6.29. The topological polar surface area (TPSA) is 114 Å². The Hall–Kier alpha value is -3.00. The summed E-state index contributed by atoms with van der Waals surface area (Å²) in [4.78, 5) is 38.2. The number of hydrogen-bond donors (Lipinski definition) is 2. The molecule has 25 heavy (non-hydrogen) atoms. The third kappa shape index (κ3) is 5.25. The van der Waals surface area contributed by atoms with E-state index in [1.807, 2.05) is 0 Å². The average Bonchev–Trinajstić information content (AvgIpc) is 2.60. The van der Waals surface area contributed by atoms with Crippen molar-refractivity contribution in [2.75, 3.05) is 0 Å². The first-order valence-corrected chi connectivity index (χ1v) is 7.68. The molecule has 0 aliphatic heterocycles. The SMILES string of the molecule is CC(NC(=O)c1cccc([N+](=O)[O-])c1)C(=O)NCc1ccc(Cl)nc1. The fourth-order valence-corrected chi connectivity index (χ4v) is 2.07. The highest BCUT2D eigenvalue weighted by Crippen LogP contribution is 2.13. The van der Waals surface area contributed by atoms with E-state index in [1.54, 1.807) is 12.1 Å². The van der Waals surface area contributed by atoms with Crippen LogP contribution in [0.4, 0.5) is 5.69 Å². The van der Waals surface area contributed by atoms with Crippen molar-refractivity contribution >= 4 is 29.1 Å². The van der Waals surface area contributed by atoms with Crippen LogP contribution in [0, 0.1) is 10.1 Å². The molecule has 0 fully saturated rings. The van der Waals surface area contributed by atoms with Gasteiger partial charge in [0.25, 0.3) is 11.6 Å². The maximum atomic E-state index is 12.1. The van der Waals surface area contributed by atoms with Gasteiger partial charge >= 0.3 is 0 Å². The summed E-state index contributed by atoms with van der Waals surface area (Å²) in [6, 6.07) is 7.80. The Kier molecular flexibility index (Phi) is 6.02. The number of carbonyl (C=O) groups is 2. The second-order valence-electron chi connectivity index (χ2n) is 5.21.